The van der Waals surface area contributed by atoms with Crippen molar-refractivity contribution < 1.29 is 19.1 Å². The molecule has 1 atom stereocenters. The molecule has 1 unspecified atom stereocenters. The molecule has 0 aliphatic rings. The zero-order chi connectivity index (χ0) is 15.4. The number of nitrogens with one attached hydrogen (secondary N) is 1. The Hall–Kier alpha value is -1.95. The molecule has 1 aromatic carbocycles. The van der Waals surface area contributed by atoms with E-state index in [-0.39, 0.29) is 18.3 Å². The molecule has 0 saturated heterocycles. The number of halogens is 1. The fourth-order valence-electron chi connectivity index (χ4n) is 2.10. The van der Waals surface area contributed by atoms with Crippen molar-refractivity contribution in [2.75, 3.05) is 6.54 Å². The molecule has 1 aromatic heterocycles. The molecule has 0 fully saturated rings. The Labute approximate surface area is 125 Å². The summed E-state index contributed by atoms with van der Waals surface area (Å²) in [5.41, 5.74) is 0. The molecule has 4 nitrogen and oxygen atoms in total. The van der Waals surface area contributed by atoms with E-state index in [1.165, 1.54) is 23.5 Å². The van der Waals surface area contributed by atoms with Crippen LogP contribution in [0.2, 0.25) is 0 Å². The number of carboxylic acid groups (broad SMARTS) is 1. The third-order valence-corrected chi connectivity index (χ3v) is 4.33. The number of amides is 1. The van der Waals surface area contributed by atoms with Gasteiger partial charge in [-0.3, -0.25) is 9.59 Å². The Kier molecular flexibility index (Phi) is 4.90. The first-order chi connectivity index (χ1) is 10.0. The van der Waals surface area contributed by atoms with Crippen LogP contribution in [0.25, 0.3) is 10.1 Å². The minimum absolute atomic E-state index is 0.0821. The second kappa shape index (κ2) is 6.67. The molecular formula is C15H16FNO3S. The van der Waals surface area contributed by atoms with Gasteiger partial charge in [-0.25, -0.2) is 4.39 Å². The molecule has 2 N–H and O–H groups in total. The number of hydrogen-bond acceptors (Lipinski definition) is 3. The van der Waals surface area contributed by atoms with Crippen LogP contribution in [0.5, 0.6) is 0 Å². The fourth-order valence-corrected chi connectivity index (χ4v) is 3.09. The molecule has 1 heterocycles. The summed E-state index contributed by atoms with van der Waals surface area (Å²) < 4.78 is 14.3. The van der Waals surface area contributed by atoms with E-state index in [9.17, 15) is 14.0 Å². The highest BCUT2D eigenvalue weighted by molar-refractivity contribution is 7.20. The lowest BCUT2D eigenvalue weighted by atomic mass is 10.0. The van der Waals surface area contributed by atoms with Crippen molar-refractivity contribution >= 4 is 33.3 Å². The molecule has 1 amide bonds. The molecule has 112 valence electrons. The lowest BCUT2D eigenvalue weighted by molar-refractivity contribution is -0.141. The smallest absolute Gasteiger partial charge is 0.308 e. The van der Waals surface area contributed by atoms with E-state index in [0.29, 0.717) is 21.4 Å². The van der Waals surface area contributed by atoms with Crippen molar-refractivity contribution in [1.82, 2.24) is 5.32 Å². The van der Waals surface area contributed by atoms with E-state index < -0.39 is 11.9 Å². The standard InChI is InChI=1S/C15H16FNO3S/c1-2-4-9(15(19)20)8-17-14(18)13-7-10-11(16)5-3-6-12(10)21-13/h3,5-7,9H,2,4,8H2,1H3,(H,17,18)(H,19,20). The van der Waals surface area contributed by atoms with Gasteiger partial charge in [-0.15, -0.1) is 11.3 Å². The first-order valence-corrected chi connectivity index (χ1v) is 7.53. The predicted octanol–water partition coefficient (Wildman–Crippen LogP) is 3.27. The number of carbonyl (C=O) groups is 2. The summed E-state index contributed by atoms with van der Waals surface area (Å²) in [6.07, 6.45) is 1.25. The Morgan fingerprint density at radius 3 is 2.81 bits per heavy atom. The minimum Gasteiger partial charge on any atom is -0.481 e. The molecule has 0 saturated carbocycles. The SMILES string of the molecule is CCCC(CNC(=O)c1cc2c(F)cccc2s1)C(=O)O. The molecule has 2 aromatic rings. The van der Waals surface area contributed by atoms with Crippen LogP contribution in [0.1, 0.15) is 29.4 Å². The topological polar surface area (TPSA) is 66.4 Å². The lowest BCUT2D eigenvalue weighted by Gasteiger charge is -2.11. The summed E-state index contributed by atoms with van der Waals surface area (Å²) in [5.74, 6) is -2.24. The summed E-state index contributed by atoms with van der Waals surface area (Å²) in [6.45, 7) is 1.98. The van der Waals surface area contributed by atoms with Crippen molar-refractivity contribution in [3.05, 3.63) is 35.0 Å². The van der Waals surface area contributed by atoms with Crippen LogP contribution in [0.15, 0.2) is 24.3 Å². The summed E-state index contributed by atoms with van der Waals surface area (Å²) in [5, 5.41) is 12.1. The molecule has 2 rings (SSSR count). The normalized spacial score (nSPS) is 12.3. The molecule has 0 spiro atoms. The predicted molar refractivity (Wildman–Crippen MR) is 80.2 cm³/mol. The second-order valence-electron chi connectivity index (χ2n) is 4.80. The van der Waals surface area contributed by atoms with Crippen molar-refractivity contribution in [1.29, 1.82) is 0 Å². The second-order valence-corrected chi connectivity index (χ2v) is 5.88. The lowest BCUT2D eigenvalue weighted by Crippen LogP contribution is -2.32. The highest BCUT2D eigenvalue weighted by atomic mass is 32.1. The van der Waals surface area contributed by atoms with E-state index in [2.05, 4.69) is 5.32 Å². The average molecular weight is 309 g/mol. The number of rotatable bonds is 6. The van der Waals surface area contributed by atoms with Crippen LogP contribution in [0.3, 0.4) is 0 Å². The van der Waals surface area contributed by atoms with E-state index >= 15 is 0 Å². The van der Waals surface area contributed by atoms with Gasteiger partial charge in [-0.1, -0.05) is 19.4 Å². The number of benzene rings is 1. The fraction of sp³-hybridized carbons (Fsp3) is 0.333. The molecule has 0 aliphatic carbocycles. The van der Waals surface area contributed by atoms with Crippen molar-refractivity contribution in [3.63, 3.8) is 0 Å². The maximum Gasteiger partial charge on any atom is 0.308 e. The van der Waals surface area contributed by atoms with Gasteiger partial charge in [-0.2, -0.15) is 0 Å². The van der Waals surface area contributed by atoms with E-state index in [0.717, 1.165) is 6.42 Å². The quantitative estimate of drug-likeness (QED) is 0.860. The van der Waals surface area contributed by atoms with Gasteiger partial charge in [0.1, 0.15) is 5.82 Å². The van der Waals surface area contributed by atoms with Gasteiger partial charge in [0.15, 0.2) is 0 Å². The number of aliphatic carboxylic acids is 1. The Bertz CT molecular complexity index is 668. The van der Waals surface area contributed by atoms with E-state index in [1.807, 2.05) is 6.92 Å². The highest BCUT2D eigenvalue weighted by Gasteiger charge is 2.19. The number of carbonyl (C=O) groups excluding carboxylic acids is 1. The van der Waals surface area contributed by atoms with Crippen molar-refractivity contribution in [2.45, 2.75) is 19.8 Å². The van der Waals surface area contributed by atoms with Gasteiger partial charge in [0, 0.05) is 16.6 Å². The van der Waals surface area contributed by atoms with Crippen molar-refractivity contribution in [3.8, 4) is 0 Å². The van der Waals surface area contributed by atoms with Gasteiger partial charge in [0.2, 0.25) is 0 Å². The number of fused-ring (bicyclic) bond motifs is 1. The minimum atomic E-state index is -0.917. The summed E-state index contributed by atoms with van der Waals surface area (Å²) in [7, 11) is 0. The molecule has 0 radical (unpaired) electrons. The van der Waals surface area contributed by atoms with Gasteiger partial charge in [0.25, 0.3) is 5.91 Å². The number of hydrogen-bond donors (Lipinski definition) is 2. The number of carboxylic acids is 1. The maximum atomic E-state index is 13.6. The summed E-state index contributed by atoms with van der Waals surface area (Å²) in [4.78, 5) is 23.5. The maximum absolute atomic E-state index is 13.6. The monoisotopic (exact) mass is 309 g/mol. The Balaban J connectivity index is 2.08. The van der Waals surface area contributed by atoms with Crippen LogP contribution < -0.4 is 5.32 Å². The Morgan fingerprint density at radius 2 is 2.19 bits per heavy atom. The summed E-state index contributed by atoms with van der Waals surface area (Å²) in [6, 6.07) is 6.19. The Morgan fingerprint density at radius 1 is 1.43 bits per heavy atom. The van der Waals surface area contributed by atoms with Crippen LogP contribution in [-0.4, -0.2) is 23.5 Å². The molecule has 0 bridgehead atoms. The highest BCUT2D eigenvalue weighted by Crippen LogP contribution is 2.27. The van der Waals surface area contributed by atoms with Crippen LogP contribution >= 0.6 is 11.3 Å². The van der Waals surface area contributed by atoms with Gasteiger partial charge >= 0.3 is 5.97 Å². The third-order valence-electron chi connectivity index (χ3n) is 3.23. The van der Waals surface area contributed by atoms with Crippen LogP contribution in [-0.2, 0) is 4.79 Å². The zero-order valence-electron chi connectivity index (χ0n) is 11.6. The third kappa shape index (κ3) is 3.58. The number of thiophene rings is 1. The molecule has 6 heteroatoms. The molecule has 21 heavy (non-hydrogen) atoms. The molecular weight excluding hydrogens is 293 g/mol. The largest absolute Gasteiger partial charge is 0.481 e. The first-order valence-electron chi connectivity index (χ1n) is 6.72. The summed E-state index contributed by atoms with van der Waals surface area (Å²) >= 11 is 1.19. The average Bonchev–Trinajstić information content (AvgIpc) is 2.88. The zero-order valence-corrected chi connectivity index (χ0v) is 12.4. The van der Waals surface area contributed by atoms with Crippen molar-refractivity contribution in [2.24, 2.45) is 5.92 Å². The van der Waals surface area contributed by atoms with Crippen LogP contribution in [0.4, 0.5) is 4.39 Å². The van der Waals surface area contributed by atoms with E-state index in [4.69, 9.17) is 5.11 Å². The molecule has 0 aliphatic heterocycles. The van der Waals surface area contributed by atoms with Gasteiger partial charge < -0.3 is 10.4 Å². The van der Waals surface area contributed by atoms with Gasteiger partial charge in [0.05, 0.1) is 10.8 Å². The first kappa shape index (κ1) is 15.4. The van der Waals surface area contributed by atoms with Crippen LogP contribution in [0, 0.1) is 11.7 Å². The van der Waals surface area contributed by atoms with Gasteiger partial charge in [-0.05, 0) is 24.6 Å². The van der Waals surface area contributed by atoms with E-state index in [1.54, 1.807) is 12.1 Å².